The topological polar surface area (TPSA) is 29.5 Å². The number of aliphatic hydroxyl groups excluding tert-OH is 1. The highest BCUT2D eigenvalue weighted by Crippen LogP contribution is 2.42. The lowest BCUT2D eigenvalue weighted by Crippen LogP contribution is -2.32. The molecule has 15 heavy (non-hydrogen) atoms. The van der Waals surface area contributed by atoms with Crippen LogP contribution < -0.4 is 0 Å². The van der Waals surface area contributed by atoms with E-state index in [1.54, 1.807) is 7.11 Å². The van der Waals surface area contributed by atoms with Crippen molar-refractivity contribution in [3.63, 3.8) is 0 Å². The van der Waals surface area contributed by atoms with Gasteiger partial charge in [0.15, 0.2) is 0 Å². The van der Waals surface area contributed by atoms with Crippen LogP contribution >= 0.6 is 0 Å². The molecule has 90 valence electrons. The number of rotatable bonds is 5. The molecule has 0 aromatic heterocycles. The SMILES string of the molecule is COC(C)(C)CCC(O)C1(C)CCCC1. The van der Waals surface area contributed by atoms with Gasteiger partial charge < -0.3 is 9.84 Å². The third-order valence-electron chi connectivity index (χ3n) is 4.12. The fraction of sp³-hybridized carbons (Fsp3) is 1.00. The van der Waals surface area contributed by atoms with Crippen LogP contribution in [-0.2, 0) is 4.74 Å². The van der Waals surface area contributed by atoms with Gasteiger partial charge in [0, 0.05) is 7.11 Å². The molecule has 1 atom stereocenters. The van der Waals surface area contributed by atoms with Crippen molar-refractivity contribution in [3.05, 3.63) is 0 Å². The van der Waals surface area contributed by atoms with Gasteiger partial charge in [-0.05, 0) is 44.9 Å². The van der Waals surface area contributed by atoms with E-state index in [0.29, 0.717) is 0 Å². The van der Waals surface area contributed by atoms with Crippen LogP contribution in [-0.4, -0.2) is 23.9 Å². The second kappa shape index (κ2) is 4.84. The molecule has 1 fully saturated rings. The van der Waals surface area contributed by atoms with Crippen molar-refractivity contribution in [3.8, 4) is 0 Å². The largest absolute Gasteiger partial charge is 0.393 e. The monoisotopic (exact) mass is 214 g/mol. The highest BCUT2D eigenvalue weighted by atomic mass is 16.5. The molecule has 0 heterocycles. The Hall–Kier alpha value is -0.0800. The minimum Gasteiger partial charge on any atom is -0.393 e. The lowest BCUT2D eigenvalue weighted by Gasteiger charge is -2.32. The van der Waals surface area contributed by atoms with E-state index < -0.39 is 0 Å². The van der Waals surface area contributed by atoms with Crippen molar-refractivity contribution in [1.82, 2.24) is 0 Å². The first kappa shape index (κ1) is 13.0. The van der Waals surface area contributed by atoms with Crippen molar-refractivity contribution < 1.29 is 9.84 Å². The molecule has 0 spiro atoms. The summed E-state index contributed by atoms with van der Waals surface area (Å²) in [5, 5.41) is 10.2. The maximum absolute atomic E-state index is 10.2. The highest BCUT2D eigenvalue weighted by molar-refractivity contribution is 4.87. The molecular weight excluding hydrogens is 188 g/mol. The Labute approximate surface area is 94.0 Å². The Morgan fingerprint density at radius 3 is 2.33 bits per heavy atom. The normalized spacial score (nSPS) is 23.0. The van der Waals surface area contributed by atoms with Gasteiger partial charge in [-0.2, -0.15) is 0 Å². The van der Waals surface area contributed by atoms with Gasteiger partial charge in [0.2, 0.25) is 0 Å². The fourth-order valence-electron chi connectivity index (χ4n) is 2.45. The summed E-state index contributed by atoms with van der Waals surface area (Å²) in [5.74, 6) is 0. The predicted octanol–water partition coefficient (Wildman–Crippen LogP) is 3.13. The van der Waals surface area contributed by atoms with Gasteiger partial charge >= 0.3 is 0 Å². The van der Waals surface area contributed by atoms with Gasteiger partial charge in [-0.1, -0.05) is 19.8 Å². The van der Waals surface area contributed by atoms with E-state index in [4.69, 9.17) is 4.74 Å². The average Bonchev–Trinajstić information content (AvgIpc) is 2.63. The number of hydrogen-bond acceptors (Lipinski definition) is 2. The highest BCUT2D eigenvalue weighted by Gasteiger charge is 2.36. The smallest absolute Gasteiger partial charge is 0.0623 e. The van der Waals surface area contributed by atoms with E-state index in [1.807, 2.05) is 0 Å². The zero-order chi connectivity index (χ0) is 11.5. The molecule has 2 nitrogen and oxygen atoms in total. The molecule has 1 aliphatic rings. The molecule has 1 unspecified atom stereocenters. The Kier molecular flexibility index (Phi) is 4.19. The first-order valence-corrected chi connectivity index (χ1v) is 6.13. The van der Waals surface area contributed by atoms with Crippen LogP contribution in [0, 0.1) is 5.41 Å². The average molecular weight is 214 g/mol. The third kappa shape index (κ3) is 3.46. The van der Waals surface area contributed by atoms with Crippen LogP contribution in [0.1, 0.15) is 59.3 Å². The first-order chi connectivity index (χ1) is 6.90. The summed E-state index contributed by atoms with van der Waals surface area (Å²) >= 11 is 0. The molecule has 0 radical (unpaired) electrons. The predicted molar refractivity (Wildman–Crippen MR) is 62.9 cm³/mol. The van der Waals surface area contributed by atoms with E-state index in [-0.39, 0.29) is 17.1 Å². The minimum absolute atomic E-state index is 0.101. The zero-order valence-corrected chi connectivity index (χ0v) is 10.7. The number of methoxy groups -OCH3 is 1. The molecule has 1 rings (SSSR count). The number of aliphatic hydroxyl groups is 1. The summed E-state index contributed by atoms with van der Waals surface area (Å²) < 4.78 is 5.37. The second-order valence-electron chi connectivity index (χ2n) is 5.88. The van der Waals surface area contributed by atoms with Crippen LogP contribution in [0.5, 0.6) is 0 Å². The Balaban J connectivity index is 2.38. The van der Waals surface area contributed by atoms with Crippen LogP contribution in [0.25, 0.3) is 0 Å². The molecular formula is C13H26O2. The lowest BCUT2D eigenvalue weighted by atomic mass is 9.79. The standard InChI is InChI=1S/C13H26O2/c1-12(2,15-4)10-7-11(14)13(3)8-5-6-9-13/h11,14H,5-10H2,1-4H3. The number of ether oxygens (including phenoxy) is 1. The quantitative estimate of drug-likeness (QED) is 0.762. The van der Waals surface area contributed by atoms with Crippen LogP contribution in [0.15, 0.2) is 0 Å². The molecule has 0 aromatic rings. The summed E-state index contributed by atoms with van der Waals surface area (Å²) in [6.07, 6.45) is 6.55. The molecule has 0 saturated heterocycles. The number of hydrogen-bond donors (Lipinski definition) is 1. The van der Waals surface area contributed by atoms with Gasteiger partial charge in [-0.3, -0.25) is 0 Å². The molecule has 0 bridgehead atoms. The molecule has 0 aliphatic heterocycles. The molecule has 1 saturated carbocycles. The molecule has 0 aromatic carbocycles. The fourth-order valence-corrected chi connectivity index (χ4v) is 2.45. The van der Waals surface area contributed by atoms with E-state index >= 15 is 0 Å². The lowest BCUT2D eigenvalue weighted by molar-refractivity contribution is -0.0194. The first-order valence-electron chi connectivity index (χ1n) is 6.13. The molecule has 1 aliphatic carbocycles. The van der Waals surface area contributed by atoms with Gasteiger partial charge in [0.25, 0.3) is 0 Å². The van der Waals surface area contributed by atoms with Crippen molar-refractivity contribution in [2.45, 2.75) is 71.0 Å². The van der Waals surface area contributed by atoms with Gasteiger partial charge in [-0.25, -0.2) is 0 Å². The summed E-state index contributed by atoms with van der Waals surface area (Å²) in [5.41, 5.74) is 0.0692. The summed E-state index contributed by atoms with van der Waals surface area (Å²) in [6, 6.07) is 0. The van der Waals surface area contributed by atoms with Gasteiger partial charge in [-0.15, -0.1) is 0 Å². The van der Waals surface area contributed by atoms with Crippen molar-refractivity contribution in [1.29, 1.82) is 0 Å². The van der Waals surface area contributed by atoms with E-state index in [0.717, 1.165) is 12.8 Å². The van der Waals surface area contributed by atoms with Crippen LogP contribution in [0.4, 0.5) is 0 Å². The molecule has 2 heteroatoms. The van der Waals surface area contributed by atoms with Crippen LogP contribution in [0.3, 0.4) is 0 Å². The maximum atomic E-state index is 10.2. The summed E-state index contributed by atoms with van der Waals surface area (Å²) in [4.78, 5) is 0. The minimum atomic E-state index is -0.158. The van der Waals surface area contributed by atoms with Crippen molar-refractivity contribution in [2.24, 2.45) is 5.41 Å². The Morgan fingerprint density at radius 2 is 1.87 bits per heavy atom. The maximum Gasteiger partial charge on any atom is 0.0623 e. The van der Waals surface area contributed by atoms with Gasteiger partial charge in [0.05, 0.1) is 11.7 Å². The second-order valence-corrected chi connectivity index (χ2v) is 5.88. The van der Waals surface area contributed by atoms with E-state index in [2.05, 4.69) is 20.8 Å². The zero-order valence-electron chi connectivity index (χ0n) is 10.7. The van der Waals surface area contributed by atoms with Crippen molar-refractivity contribution in [2.75, 3.05) is 7.11 Å². The van der Waals surface area contributed by atoms with E-state index in [1.165, 1.54) is 25.7 Å². The summed E-state index contributed by atoms with van der Waals surface area (Å²) in [7, 11) is 1.74. The molecule has 1 N–H and O–H groups in total. The Bertz CT molecular complexity index is 193. The molecule has 0 amide bonds. The summed E-state index contributed by atoms with van der Waals surface area (Å²) in [6.45, 7) is 6.39. The van der Waals surface area contributed by atoms with Crippen molar-refractivity contribution >= 4 is 0 Å². The van der Waals surface area contributed by atoms with E-state index in [9.17, 15) is 5.11 Å². The van der Waals surface area contributed by atoms with Crippen LogP contribution in [0.2, 0.25) is 0 Å². The van der Waals surface area contributed by atoms with Gasteiger partial charge in [0.1, 0.15) is 0 Å². The third-order valence-corrected chi connectivity index (χ3v) is 4.12. The Morgan fingerprint density at radius 1 is 1.33 bits per heavy atom.